The Kier molecular flexibility index (Phi) is 4.91. The van der Waals surface area contributed by atoms with Crippen LogP contribution in [0.4, 0.5) is 4.39 Å². The molecule has 0 aliphatic heterocycles. The smallest absolute Gasteiger partial charge is 0.141 e. The largest absolute Gasteiger partial charge is 0.309 e. The van der Waals surface area contributed by atoms with Crippen LogP contribution in [0.25, 0.3) is 0 Å². The fraction of sp³-hybridized carbons (Fsp3) is 0.357. The Balaban J connectivity index is 2.18. The average Bonchev–Trinajstić information content (AvgIpc) is 2.80. The summed E-state index contributed by atoms with van der Waals surface area (Å²) in [7, 11) is 0. The molecule has 1 heterocycles. The third kappa shape index (κ3) is 3.75. The maximum atomic E-state index is 13.2. The molecule has 0 fully saturated rings. The molecule has 0 aliphatic rings. The number of likely N-dealkylation sites (N-methyl/N-ethyl adjacent to an activating group) is 1. The standard InChI is InChI=1S/C14H16ClFN2S/c1-3-17-13(14-8-19-9(2)18-14)7-10-4-5-12(16)11(15)6-10/h4-6,8,13,17H,3,7H2,1-2H3. The van der Waals surface area contributed by atoms with E-state index in [2.05, 4.69) is 22.6 Å². The molecule has 2 nitrogen and oxygen atoms in total. The number of benzene rings is 1. The summed E-state index contributed by atoms with van der Waals surface area (Å²) in [6.45, 7) is 4.91. The number of aryl methyl sites for hydroxylation is 1. The lowest BCUT2D eigenvalue weighted by atomic mass is 10.0. The van der Waals surface area contributed by atoms with Crippen LogP contribution in [0.3, 0.4) is 0 Å². The molecule has 5 heteroatoms. The third-order valence-corrected chi connectivity index (χ3v) is 3.95. The Bertz CT molecular complexity index is 556. The summed E-state index contributed by atoms with van der Waals surface area (Å²) in [5, 5.41) is 6.69. The van der Waals surface area contributed by atoms with Gasteiger partial charge in [0.25, 0.3) is 0 Å². The molecule has 102 valence electrons. The lowest BCUT2D eigenvalue weighted by molar-refractivity contribution is 0.537. The zero-order valence-electron chi connectivity index (χ0n) is 10.9. The summed E-state index contributed by atoms with van der Waals surface area (Å²) < 4.78 is 13.2. The maximum Gasteiger partial charge on any atom is 0.141 e. The minimum atomic E-state index is -0.380. The van der Waals surface area contributed by atoms with Crippen molar-refractivity contribution in [3.05, 3.63) is 50.7 Å². The van der Waals surface area contributed by atoms with E-state index in [1.165, 1.54) is 6.07 Å². The van der Waals surface area contributed by atoms with E-state index in [0.717, 1.165) is 29.2 Å². The summed E-state index contributed by atoms with van der Waals surface area (Å²) in [4.78, 5) is 4.51. The lowest BCUT2D eigenvalue weighted by Crippen LogP contribution is -2.23. The topological polar surface area (TPSA) is 24.9 Å². The molecule has 2 rings (SSSR count). The van der Waals surface area contributed by atoms with Crippen molar-refractivity contribution in [3.8, 4) is 0 Å². The monoisotopic (exact) mass is 298 g/mol. The predicted molar refractivity (Wildman–Crippen MR) is 78.4 cm³/mol. The van der Waals surface area contributed by atoms with E-state index in [0.29, 0.717) is 0 Å². The molecule has 0 saturated carbocycles. The summed E-state index contributed by atoms with van der Waals surface area (Å²) in [5.41, 5.74) is 2.04. The number of nitrogens with one attached hydrogen (secondary N) is 1. The molecule has 0 radical (unpaired) electrons. The second-order valence-electron chi connectivity index (χ2n) is 4.35. The molecular weight excluding hydrogens is 283 g/mol. The van der Waals surface area contributed by atoms with Gasteiger partial charge >= 0.3 is 0 Å². The van der Waals surface area contributed by atoms with Gasteiger partial charge in [-0.15, -0.1) is 11.3 Å². The first-order chi connectivity index (χ1) is 9.10. The van der Waals surface area contributed by atoms with Gasteiger partial charge in [-0.3, -0.25) is 0 Å². The SMILES string of the molecule is CCNC(Cc1ccc(F)c(Cl)c1)c1csc(C)n1. The minimum absolute atomic E-state index is 0.136. The second-order valence-corrected chi connectivity index (χ2v) is 5.82. The summed E-state index contributed by atoms with van der Waals surface area (Å²) in [5.74, 6) is -0.380. The first kappa shape index (κ1) is 14.4. The Hall–Kier alpha value is -0.970. The van der Waals surface area contributed by atoms with E-state index in [1.807, 2.05) is 6.92 Å². The fourth-order valence-corrected chi connectivity index (χ4v) is 2.84. The Morgan fingerprint density at radius 3 is 2.84 bits per heavy atom. The summed E-state index contributed by atoms with van der Waals surface area (Å²) in [6, 6.07) is 4.99. The molecule has 0 amide bonds. The van der Waals surface area contributed by atoms with Crippen LogP contribution < -0.4 is 5.32 Å². The Labute approximate surface area is 121 Å². The molecule has 1 aromatic heterocycles. The van der Waals surface area contributed by atoms with Crippen LogP contribution in [-0.4, -0.2) is 11.5 Å². The highest BCUT2D eigenvalue weighted by Crippen LogP contribution is 2.23. The number of thiazole rings is 1. The van der Waals surface area contributed by atoms with Gasteiger partial charge < -0.3 is 5.32 Å². The lowest BCUT2D eigenvalue weighted by Gasteiger charge is -2.16. The van der Waals surface area contributed by atoms with Crippen molar-refractivity contribution < 1.29 is 4.39 Å². The fourth-order valence-electron chi connectivity index (χ4n) is 1.97. The third-order valence-electron chi connectivity index (χ3n) is 2.87. The number of hydrogen-bond acceptors (Lipinski definition) is 3. The highest BCUT2D eigenvalue weighted by atomic mass is 35.5. The number of halogens is 2. The van der Waals surface area contributed by atoms with Gasteiger partial charge in [-0.2, -0.15) is 0 Å². The minimum Gasteiger partial charge on any atom is -0.309 e. The Morgan fingerprint density at radius 2 is 2.26 bits per heavy atom. The van der Waals surface area contributed by atoms with E-state index in [-0.39, 0.29) is 16.9 Å². The van der Waals surface area contributed by atoms with Gasteiger partial charge in [0, 0.05) is 5.38 Å². The summed E-state index contributed by atoms with van der Waals surface area (Å²) in [6.07, 6.45) is 0.747. The zero-order valence-corrected chi connectivity index (χ0v) is 12.5. The maximum absolute atomic E-state index is 13.2. The van der Waals surface area contributed by atoms with Crippen LogP contribution in [0.1, 0.15) is 29.2 Å². The summed E-state index contributed by atoms with van der Waals surface area (Å²) >= 11 is 7.45. The molecule has 2 aromatic rings. The van der Waals surface area contributed by atoms with Gasteiger partial charge in [0.2, 0.25) is 0 Å². The molecule has 19 heavy (non-hydrogen) atoms. The highest BCUT2D eigenvalue weighted by Gasteiger charge is 2.14. The number of nitrogens with zero attached hydrogens (tertiary/aromatic N) is 1. The first-order valence-electron chi connectivity index (χ1n) is 6.19. The van der Waals surface area contributed by atoms with Crippen molar-refractivity contribution in [1.82, 2.24) is 10.3 Å². The molecular formula is C14H16ClFN2S. The van der Waals surface area contributed by atoms with Crippen molar-refractivity contribution in [2.45, 2.75) is 26.3 Å². The van der Waals surface area contributed by atoms with Crippen LogP contribution in [0.2, 0.25) is 5.02 Å². The number of hydrogen-bond donors (Lipinski definition) is 1. The molecule has 1 unspecified atom stereocenters. The van der Waals surface area contributed by atoms with E-state index in [9.17, 15) is 4.39 Å². The van der Waals surface area contributed by atoms with Gasteiger partial charge in [-0.05, 0) is 37.6 Å². The number of rotatable bonds is 5. The quantitative estimate of drug-likeness (QED) is 0.897. The molecule has 0 spiro atoms. The van der Waals surface area contributed by atoms with Crippen LogP contribution in [0.5, 0.6) is 0 Å². The highest BCUT2D eigenvalue weighted by molar-refractivity contribution is 7.09. The molecule has 1 aromatic carbocycles. The van der Waals surface area contributed by atoms with Gasteiger partial charge in [0.05, 0.1) is 21.8 Å². The second kappa shape index (κ2) is 6.46. The molecule has 1 atom stereocenters. The van der Waals surface area contributed by atoms with E-state index in [4.69, 9.17) is 11.6 Å². The van der Waals surface area contributed by atoms with Crippen LogP contribution in [0.15, 0.2) is 23.6 Å². The van der Waals surface area contributed by atoms with Crippen molar-refractivity contribution in [2.75, 3.05) is 6.54 Å². The van der Waals surface area contributed by atoms with E-state index in [1.54, 1.807) is 23.5 Å². The first-order valence-corrected chi connectivity index (χ1v) is 7.45. The van der Waals surface area contributed by atoms with Crippen LogP contribution in [-0.2, 0) is 6.42 Å². The molecule has 0 saturated heterocycles. The normalized spacial score (nSPS) is 12.6. The van der Waals surface area contributed by atoms with Gasteiger partial charge in [0.15, 0.2) is 0 Å². The van der Waals surface area contributed by atoms with Gasteiger partial charge in [-0.25, -0.2) is 9.37 Å². The van der Waals surface area contributed by atoms with E-state index < -0.39 is 0 Å². The van der Waals surface area contributed by atoms with Crippen molar-refractivity contribution in [1.29, 1.82) is 0 Å². The van der Waals surface area contributed by atoms with Crippen molar-refractivity contribution in [2.24, 2.45) is 0 Å². The average molecular weight is 299 g/mol. The zero-order chi connectivity index (χ0) is 13.8. The molecule has 1 N–H and O–H groups in total. The van der Waals surface area contributed by atoms with Crippen molar-refractivity contribution in [3.63, 3.8) is 0 Å². The van der Waals surface area contributed by atoms with Crippen LogP contribution >= 0.6 is 22.9 Å². The molecule has 0 aliphatic carbocycles. The van der Waals surface area contributed by atoms with E-state index >= 15 is 0 Å². The van der Waals surface area contributed by atoms with Gasteiger partial charge in [0.1, 0.15) is 5.82 Å². The Morgan fingerprint density at radius 1 is 1.47 bits per heavy atom. The number of aromatic nitrogens is 1. The predicted octanol–water partition coefficient (Wildman–Crippen LogP) is 4.14. The van der Waals surface area contributed by atoms with Crippen LogP contribution in [0, 0.1) is 12.7 Å². The van der Waals surface area contributed by atoms with Crippen molar-refractivity contribution >= 4 is 22.9 Å². The van der Waals surface area contributed by atoms with Gasteiger partial charge in [-0.1, -0.05) is 24.6 Å². The molecule has 0 bridgehead atoms.